The molecule has 1 aromatic heterocycles. The Morgan fingerprint density at radius 2 is 1.85 bits per heavy atom. The topological polar surface area (TPSA) is 51.2 Å². The van der Waals surface area contributed by atoms with Crippen molar-refractivity contribution in [2.75, 3.05) is 11.9 Å². The number of amides is 1. The summed E-state index contributed by atoms with van der Waals surface area (Å²) in [6, 6.07) is 17.8. The van der Waals surface area contributed by atoms with Gasteiger partial charge in [0.2, 0.25) is 0 Å². The first-order chi connectivity index (χ1) is 12.6. The molecule has 0 atom stereocenters. The van der Waals surface area contributed by atoms with Crippen molar-refractivity contribution in [3.63, 3.8) is 0 Å². The normalized spacial score (nSPS) is 10.4. The van der Waals surface area contributed by atoms with E-state index in [1.165, 1.54) is 6.07 Å². The molecule has 2 aromatic carbocycles. The number of nitrogens with one attached hydrogen (secondary N) is 1. The summed E-state index contributed by atoms with van der Waals surface area (Å²) in [6.07, 6.45) is 1.65. The Bertz CT molecular complexity index is 877. The van der Waals surface area contributed by atoms with Gasteiger partial charge in [0, 0.05) is 17.7 Å². The van der Waals surface area contributed by atoms with E-state index in [1.54, 1.807) is 24.4 Å². The molecular weight excluding hydrogens is 331 g/mol. The highest BCUT2D eigenvalue weighted by Gasteiger charge is 2.06. The summed E-state index contributed by atoms with van der Waals surface area (Å²) in [4.78, 5) is 15.9. The first-order valence-corrected chi connectivity index (χ1v) is 8.32. The van der Waals surface area contributed by atoms with E-state index >= 15 is 0 Å². The van der Waals surface area contributed by atoms with Crippen molar-refractivity contribution >= 4 is 11.8 Å². The number of aryl methyl sites for hydroxylation is 1. The molecule has 0 aliphatic heterocycles. The van der Waals surface area contributed by atoms with E-state index in [4.69, 9.17) is 4.74 Å². The monoisotopic (exact) mass is 350 g/mol. The van der Waals surface area contributed by atoms with Gasteiger partial charge in [-0.3, -0.25) is 10.3 Å². The molecule has 4 nitrogen and oxygen atoms in total. The zero-order chi connectivity index (χ0) is 18.4. The third-order valence-electron chi connectivity index (χ3n) is 3.92. The van der Waals surface area contributed by atoms with Gasteiger partial charge in [0.1, 0.15) is 5.82 Å². The maximum atomic E-state index is 13.8. The number of aromatic nitrogens is 1. The van der Waals surface area contributed by atoms with Crippen LogP contribution in [0.1, 0.15) is 11.3 Å². The van der Waals surface area contributed by atoms with Crippen LogP contribution in [0.2, 0.25) is 0 Å². The van der Waals surface area contributed by atoms with Crippen molar-refractivity contribution in [3.8, 4) is 11.1 Å². The molecule has 0 spiro atoms. The summed E-state index contributed by atoms with van der Waals surface area (Å²) in [7, 11) is 0. The Kier molecular flexibility index (Phi) is 5.59. The second-order valence-electron chi connectivity index (χ2n) is 5.88. The fraction of sp³-hybridized carbons (Fsp3) is 0.143. The molecule has 0 unspecified atom stereocenters. The summed E-state index contributed by atoms with van der Waals surface area (Å²) in [6.45, 7) is 2.13. The maximum absolute atomic E-state index is 13.8. The van der Waals surface area contributed by atoms with Crippen LogP contribution in [0.4, 0.5) is 14.9 Å². The molecule has 1 heterocycles. The highest BCUT2D eigenvalue weighted by atomic mass is 19.1. The average molecular weight is 350 g/mol. The number of pyridine rings is 1. The SMILES string of the molecule is Cc1ccc(NC(=O)OCCc2ccc(-c3ccccc3F)cc2)cn1. The molecule has 3 aromatic rings. The van der Waals surface area contributed by atoms with Crippen molar-refractivity contribution in [3.05, 3.63) is 83.9 Å². The molecule has 0 aliphatic carbocycles. The van der Waals surface area contributed by atoms with Crippen molar-refractivity contribution in [1.82, 2.24) is 4.98 Å². The van der Waals surface area contributed by atoms with Gasteiger partial charge in [0.05, 0.1) is 18.5 Å². The largest absolute Gasteiger partial charge is 0.449 e. The smallest absolute Gasteiger partial charge is 0.411 e. The Morgan fingerprint density at radius 1 is 1.08 bits per heavy atom. The number of rotatable bonds is 5. The molecule has 1 amide bonds. The van der Waals surface area contributed by atoms with Crippen molar-refractivity contribution in [2.45, 2.75) is 13.3 Å². The van der Waals surface area contributed by atoms with Crippen LogP contribution in [-0.2, 0) is 11.2 Å². The van der Waals surface area contributed by atoms with Crippen LogP contribution in [0, 0.1) is 12.7 Å². The first-order valence-electron chi connectivity index (χ1n) is 8.32. The lowest BCUT2D eigenvalue weighted by Gasteiger charge is -2.08. The predicted molar refractivity (Wildman–Crippen MR) is 99.5 cm³/mol. The van der Waals surface area contributed by atoms with Gasteiger partial charge in [-0.25, -0.2) is 9.18 Å². The summed E-state index contributed by atoms with van der Waals surface area (Å²) < 4.78 is 19.0. The molecule has 0 fully saturated rings. The minimum Gasteiger partial charge on any atom is -0.449 e. The van der Waals surface area contributed by atoms with Gasteiger partial charge in [-0.05, 0) is 36.2 Å². The van der Waals surface area contributed by atoms with E-state index < -0.39 is 6.09 Å². The fourth-order valence-corrected chi connectivity index (χ4v) is 2.50. The van der Waals surface area contributed by atoms with E-state index in [1.807, 2.05) is 43.3 Å². The number of benzene rings is 2. The first kappa shape index (κ1) is 17.6. The summed E-state index contributed by atoms with van der Waals surface area (Å²) in [5, 5.41) is 2.63. The van der Waals surface area contributed by atoms with Gasteiger partial charge >= 0.3 is 6.09 Å². The van der Waals surface area contributed by atoms with Crippen LogP contribution in [0.5, 0.6) is 0 Å². The molecular formula is C21H19FN2O2. The van der Waals surface area contributed by atoms with Crippen LogP contribution < -0.4 is 5.32 Å². The molecule has 26 heavy (non-hydrogen) atoms. The number of ether oxygens (including phenoxy) is 1. The molecule has 1 N–H and O–H groups in total. The van der Waals surface area contributed by atoms with E-state index in [-0.39, 0.29) is 12.4 Å². The number of carbonyl (C=O) groups is 1. The fourth-order valence-electron chi connectivity index (χ4n) is 2.50. The standard InChI is InChI=1S/C21H19FN2O2/c1-15-6-11-18(14-23-15)24-21(25)26-13-12-16-7-9-17(10-8-16)19-4-2-3-5-20(19)22/h2-11,14H,12-13H2,1H3,(H,24,25). The van der Waals surface area contributed by atoms with Crippen molar-refractivity contribution < 1.29 is 13.9 Å². The number of hydrogen-bond donors (Lipinski definition) is 1. The molecule has 0 radical (unpaired) electrons. The molecule has 0 saturated carbocycles. The van der Waals surface area contributed by atoms with E-state index in [2.05, 4.69) is 10.3 Å². The van der Waals surface area contributed by atoms with Crippen LogP contribution >= 0.6 is 0 Å². The Labute approximate surface area is 151 Å². The summed E-state index contributed by atoms with van der Waals surface area (Å²) in [5.74, 6) is -0.245. The molecule has 5 heteroatoms. The van der Waals surface area contributed by atoms with Gasteiger partial charge in [-0.15, -0.1) is 0 Å². The number of anilines is 1. The van der Waals surface area contributed by atoms with Gasteiger partial charge in [0.15, 0.2) is 0 Å². The molecule has 0 aliphatic rings. The minimum absolute atomic E-state index is 0.245. The van der Waals surface area contributed by atoms with Gasteiger partial charge in [-0.2, -0.15) is 0 Å². The number of halogens is 1. The van der Waals surface area contributed by atoms with Gasteiger partial charge < -0.3 is 4.74 Å². The van der Waals surface area contributed by atoms with E-state index in [9.17, 15) is 9.18 Å². The molecule has 132 valence electrons. The number of carbonyl (C=O) groups excluding carboxylic acids is 1. The lowest BCUT2D eigenvalue weighted by Crippen LogP contribution is -2.15. The van der Waals surface area contributed by atoms with Crippen molar-refractivity contribution in [1.29, 1.82) is 0 Å². The number of nitrogens with zero attached hydrogens (tertiary/aromatic N) is 1. The maximum Gasteiger partial charge on any atom is 0.411 e. The average Bonchev–Trinajstić information content (AvgIpc) is 2.65. The quantitative estimate of drug-likeness (QED) is 0.705. The Hall–Kier alpha value is -3.21. The van der Waals surface area contributed by atoms with Gasteiger partial charge in [-0.1, -0.05) is 42.5 Å². The second-order valence-corrected chi connectivity index (χ2v) is 5.88. The third kappa shape index (κ3) is 4.66. The van der Waals surface area contributed by atoms with Crippen molar-refractivity contribution in [2.24, 2.45) is 0 Å². The lowest BCUT2D eigenvalue weighted by molar-refractivity contribution is 0.163. The predicted octanol–water partition coefficient (Wildman–Crippen LogP) is 4.99. The molecule has 0 bridgehead atoms. The van der Waals surface area contributed by atoms with Gasteiger partial charge in [0.25, 0.3) is 0 Å². The third-order valence-corrected chi connectivity index (χ3v) is 3.92. The van der Waals surface area contributed by atoms with Crippen LogP contribution in [0.3, 0.4) is 0 Å². The molecule has 0 saturated heterocycles. The second kappa shape index (κ2) is 8.25. The Morgan fingerprint density at radius 3 is 2.54 bits per heavy atom. The highest BCUT2D eigenvalue weighted by Crippen LogP contribution is 2.22. The summed E-state index contributed by atoms with van der Waals surface area (Å²) >= 11 is 0. The van der Waals surface area contributed by atoms with E-state index in [0.717, 1.165) is 16.8 Å². The number of hydrogen-bond acceptors (Lipinski definition) is 3. The highest BCUT2D eigenvalue weighted by molar-refractivity contribution is 5.84. The minimum atomic E-state index is -0.515. The Balaban J connectivity index is 1.50. The van der Waals surface area contributed by atoms with Crippen LogP contribution in [0.15, 0.2) is 66.9 Å². The zero-order valence-electron chi connectivity index (χ0n) is 14.4. The lowest BCUT2D eigenvalue weighted by atomic mass is 10.0. The van der Waals surface area contributed by atoms with Crippen LogP contribution in [0.25, 0.3) is 11.1 Å². The van der Waals surface area contributed by atoms with Crippen LogP contribution in [-0.4, -0.2) is 17.7 Å². The van der Waals surface area contributed by atoms with E-state index in [0.29, 0.717) is 17.7 Å². The zero-order valence-corrected chi connectivity index (χ0v) is 14.4. The summed E-state index contributed by atoms with van der Waals surface area (Å²) in [5.41, 5.74) is 3.87. The molecule has 3 rings (SSSR count).